The van der Waals surface area contributed by atoms with Crippen molar-refractivity contribution in [1.29, 1.82) is 0 Å². The van der Waals surface area contributed by atoms with E-state index >= 15 is 0 Å². The predicted octanol–water partition coefficient (Wildman–Crippen LogP) is 0.441. The molecule has 2 aliphatic rings. The molecule has 3 nitrogen and oxygen atoms in total. The summed E-state index contributed by atoms with van der Waals surface area (Å²) in [5, 5.41) is 12.6. The van der Waals surface area contributed by atoms with E-state index in [-0.39, 0.29) is 0 Å². The highest BCUT2D eigenvalue weighted by Gasteiger charge is 2.29. The van der Waals surface area contributed by atoms with Gasteiger partial charge in [-0.1, -0.05) is 6.92 Å². The van der Waals surface area contributed by atoms with E-state index in [0.717, 1.165) is 31.6 Å². The third-order valence-electron chi connectivity index (χ3n) is 3.20. The van der Waals surface area contributed by atoms with Gasteiger partial charge in [0, 0.05) is 31.7 Å². The van der Waals surface area contributed by atoms with Gasteiger partial charge in [0.25, 0.3) is 0 Å². The molecule has 2 N–H and O–H groups in total. The van der Waals surface area contributed by atoms with Crippen molar-refractivity contribution in [3.8, 4) is 0 Å². The predicted molar refractivity (Wildman–Crippen MR) is 57.3 cm³/mol. The normalized spacial score (nSPS) is 34.7. The smallest absolute Gasteiger partial charge is 0.0558 e. The van der Waals surface area contributed by atoms with Crippen molar-refractivity contribution in [2.45, 2.75) is 38.3 Å². The molecule has 14 heavy (non-hydrogen) atoms. The van der Waals surface area contributed by atoms with Crippen LogP contribution in [0.3, 0.4) is 0 Å². The summed E-state index contributed by atoms with van der Waals surface area (Å²) in [6, 6.07) is 1.47. The molecule has 1 aliphatic carbocycles. The van der Waals surface area contributed by atoms with Crippen LogP contribution in [0.5, 0.6) is 0 Å². The quantitative estimate of drug-likeness (QED) is 0.688. The molecule has 0 spiro atoms. The van der Waals surface area contributed by atoms with Crippen LogP contribution in [0, 0.1) is 5.92 Å². The van der Waals surface area contributed by atoms with Crippen molar-refractivity contribution in [2.24, 2.45) is 5.92 Å². The lowest BCUT2D eigenvalue weighted by molar-refractivity contribution is 0.121. The van der Waals surface area contributed by atoms with Crippen molar-refractivity contribution in [2.75, 3.05) is 26.2 Å². The van der Waals surface area contributed by atoms with Crippen LogP contribution in [0.4, 0.5) is 0 Å². The second-order valence-electron chi connectivity index (χ2n) is 4.96. The summed E-state index contributed by atoms with van der Waals surface area (Å²) < 4.78 is 0. The molecule has 1 heterocycles. The molecule has 0 aromatic rings. The van der Waals surface area contributed by atoms with E-state index in [9.17, 15) is 0 Å². The van der Waals surface area contributed by atoms with Gasteiger partial charge in [0.2, 0.25) is 0 Å². The zero-order valence-corrected chi connectivity index (χ0v) is 9.08. The number of aliphatic hydroxyl groups excluding tert-OH is 1. The molecule has 0 amide bonds. The summed E-state index contributed by atoms with van der Waals surface area (Å²) in [4.78, 5) is 2.38. The van der Waals surface area contributed by atoms with Crippen molar-refractivity contribution in [3.63, 3.8) is 0 Å². The molecular weight excluding hydrogens is 176 g/mol. The highest BCUT2D eigenvalue weighted by Crippen LogP contribution is 2.23. The number of nitrogens with one attached hydrogen (secondary N) is 1. The van der Waals surface area contributed by atoms with Crippen molar-refractivity contribution in [3.05, 3.63) is 0 Å². The van der Waals surface area contributed by atoms with Crippen molar-refractivity contribution in [1.82, 2.24) is 10.2 Å². The average Bonchev–Trinajstić information content (AvgIpc) is 2.87. The zero-order chi connectivity index (χ0) is 9.97. The van der Waals surface area contributed by atoms with Gasteiger partial charge in [-0.15, -0.1) is 0 Å². The van der Waals surface area contributed by atoms with Crippen LogP contribution in [-0.4, -0.2) is 48.3 Å². The van der Waals surface area contributed by atoms with E-state index in [1.807, 2.05) is 0 Å². The molecule has 82 valence electrons. The lowest BCUT2D eigenvalue weighted by Gasteiger charge is -2.36. The SMILES string of the molecule is CC1CC(NC2CC2)CN(CCO)C1. The standard InChI is InChI=1S/C11H22N2O/c1-9-6-11(12-10-2-3-10)8-13(7-9)4-5-14/h9-12,14H,2-8H2,1H3. The number of hydrogen-bond acceptors (Lipinski definition) is 3. The Labute approximate surface area is 86.5 Å². The van der Waals surface area contributed by atoms with Gasteiger partial charge >= 0.3 is 0 Å². The Balaban J connectivity index is 1.78. The summed E-state index contributed by atoms with van der Waals surface area (Å²) in [7, 11) is 0. The molecule has 0 bridgehead atoms. The van der Waals surface area contributed by atoms with Crippen molar-refractivity contribution >= 4 is 0 Å². The first-order chi connectivity index (χ1) is 6.78. The molecule has 1 aliphatic heterocycles. The van der Waals surface area contributed by atoms with Crippen LogP contribution in [-0.2, 0) is 0 Å². The van der Waals surface area contributed by atoms with E-state index in [4.69, 9.17) is 5.11 Å². The molecule has 2 fully saturated rings. The third-order valence-corrected chi connectivity index (χ3v) is 3.20. The maximum atomic E-state index is 8.92. The largest absolute Gasteiger partial charge is 0.395 e. The Morgan fingerprint density at radius 2 is 2.07 bits per heavy atom. The average molecular weight is 198 g/mol. The van der Waals surface area contributed by atoms with Crippen LogP contribution >= 0.6 is 0 Å². The number of likely N-dealkylation sites (tertiary alicyclic amines) is 1. The van der Waals surface area contributed by atoms with Crippen LogP contribution < -0.4 is 5.32 Å². The highest BCUT2D eigenvalue weighted by molar-refractivity contribution is 4.89. The van der Waals surface area contributed by atoms with E-state index < -0.39 is 0 Å². The first kappa shape index (κ1) is 10.4. The number of β-amino-alcohol motifs (C(OH)–C–C–N with tert-alkyl or cyclic N) is 1. The highest BCUT2D eigenvalue weighted by atomic mass is 16.3. The molecule has 2 atom stereocenters. The van der Waals surface area contributed by atoms with Crippen molar-refractivity contribution < 1.29 is 5.11 Å². The first-order valence-electron chi connectivity index (χ1n) is 5.87. The minimum absolute atomic E-state index is 0.295. The lowest BCUT2D eigenvalue weighted by Crippen LogP contribution is -2.49. The third kappa shape index (κ3) is 2.94. The number of aliphatic hydroxyl groups is 1. The van der Waals surface area contributed by atoms with Gasteiger partial charge in [-0.25, -0.2) is 0 Å². The van der Waals surface area contributed by atoms with Gasteiger partial charge in [-0.3, -0.25) is 4.90 Å². The Bertz CT molecular complexity index is 180. The number of rotatable bonds is 4. The molecule has 2 unspecified atom stereocenters. The van der Waals surface area contributed by atoms with Crippen LogP contribution in [0.1, 0.15) is 26.2 Å². The Hall–Kier alpha value is -0.120. The molecule has 3 heteroatoms. The van der Waals surface area contributed by atoms with E-state index in [0.29, 0.717) is 12.6 Å². The minimum Gasteiger partial charge on any atom is -0.395 e. The van der Waals surface area contributed by atoms with Gasteiger partial charge in [0.05, 0.1) is 6.61 Å². The fraction of sp³-hybridized carbons (Fsp3) is 1.00. The maximum Gasteiger partial charge on any atom is 0.0558 e. The number of hydrogen-bond donors (Lipinski definition) is 2. The van der Waals surface area contributed by atoms with Gasteiger partial charge < -0.3 is 10.4 Å². The molecule has 1 saturated heterocycles. The van der Waals surface area contributed by atoms with Gasteiger partial charge in [-0.2, -0.15) is 0 Å². The van der Waals surface area contributed by atoms with E-state index in [2.05, 4.69) is 17.1 Å². The second kappa shape index (κ2) is 4.60. The zero-order valence-electron chi connectivity index (χ0n) is 9.08. The summed E-state index contributed by atoms with van der Waals surface area (Å²) in [5.41, 5.74) is 0. The Morgan fingerprint density at radius 1 is 1.29 bits per heavy atom. The number of nitrogens with zero attached hydrogens (tertiary/aromatic N) is 1. The van der Waals surface area contributed by atoms with Crippen LogP contribution in [0.15, 0.2) is 0 Å². The molecule has 0 aromatic heterocycles. The molecular formula is C11H22N2O. The summed E-state index contributed by atoms with van der Waals surface area (Å²) in [6.07, 6.45) is 4.04. The Kier molecular flexibility index (Phi) is 3.42. The second-order valence-corrected chi connectivity index (χ2v) is 4.96. The van der Waals surface area contributed by atoms with E-state index in [1.54, 1.807) is 0 Å². The monoisotopic (exact) mass is 198 g/mol. The summed E-state index contributed by atoms with van der Waals surface area (Å²) in [6.45, 7) is 5.73. The summed E-state index contributed by atoms with van der Waals surface area (Å²) >= 11 is 0. The molecule has 1 saturated carbocycles. The molecule has 2 rings (SSSR count). The van der Waals surface area contributed by atoms with Gasteiger partial charge in [0.15, 0.2) is 0 Å². The molecule has 0 aromatic carbocycles. The van der Waals surface area contributed by atoms with Crippen LogP contribution in [0.2, 0.25) is 0 Å². The fourth-order valence-electron chi connectivity index (χ4n) is 2.49. The van der Waals surface area contributed by atoms with Gasteiger partial charge in [0.1, 0.15) is 0 Å². The maximum absolute atomic E-state index is 8.92. The van der Waals surface area contributed by atoms with Crippen LogP contribution in [0.25, 0.3) is 0 Å². The number of piperidine rings is 1. The lowest BCUT2D eigenvalue weighted by atomic mass is 9.96. The summed E-state index contributed by atoms with van der Waals surface area (Å²) in [5.74, 6) is 0.770. The Morgan fingerprint density at radius 3 is 2.71 bits per heavy atom. The molecule has 0 radical (unpaired) electrons. The fourth-order valence-corrected chi connectivity index (χ4v) is 2.49. The minimum atomic E-state index is 0.295. The first-order valence-corrected chi connectivity index (χ1v) is 5.87. The van der Waals surface area contributed by atoms with E-state index in [1.165, 1.54) is 19.3 Å². The topological polar surface area (TPSA) is 35.5 Å². The van der Waals surface area contributed by atoms with Gasteiger partial charge in [-0.05, 0) is 25.2 Å².